The first-order valence-electron chi connectivity index (χ1n) is 11.7. The summed E-state index contributed by atoms with van der Waals surface area (Å²) in [7, 11) is 2.15. The second-order valence-corrected chi connectivity index (χ2v) is 9.66. The number of likely N-dealkylation sites (N-methyl/N-ethyl adjacent to an activating group) is 1. The van der Waals surface area contributed by atoms with Crippen LogP contribution in [-0.4, -0.2) is 64.6 Å². The minimum absolute atomic E-state index is 0.284. The number of anilines is 3. The third-order valence-corrected chi connectivity index (χ3v) is 7.40. The highest BCUT2D eigenvalue weighted by Gasteiger charge is 2.24. The molecule has 4 aromatic rings. The normalized spacial score (nSPS) is 17.8. The lowest BCUT2D eigenvalue weighted by molar-refractivity contribution is 0.313. The van der Waals surface area contributed by atoms with Gasteiger partial charge in [-0.05, 0) is 43.4 Å². The third kappa shape index (κ3) is 3.99. The van der Waals surface area contributed by atoms with Gasteiger partial charge in [0.05, 0.1) is 21.3 Å². The van der Waals surface area contributed by atoms with Crippen LogP contribution in [0, 0.1) is 0 Å². The summed E-state index contributed by atoms with van der Waals surface area (Å²) in [6.45, 7) is 4.17. The van der Waals surface area contributed by atoms with Crippen LogP contribution in [0.25, 0.3) is 11.5 Å². The number of imidazole rings is 1. The number of fused-ring (bicyclic) bond motifs is 3. The van der Waals surface area contributed by atoms with Crippen LogP contribution in [0.2, 0.25) is 10.0 Å². The van der Waals surface area contributed by atoms with Gasteiger partial charge < -0.3 is 20.4 Å². The maximum Gasteiger partial charge on any atom is 0.270 e. The van der Waals surface area contributed by atoms with E-state index in [4.69, 9.17) is 23.2 Å². The van der Waals surface area contributed by atoms with Crippen LogP contribution in [0.15, 0.2) is 64.6 Å². The van der Waals surface area contributed by atoms with E-state index in [1.807, 2.05) is 16.5 Å². The topological polar surface area (TPSA) is 82.2 Å². The minimum Gasteiger partial charge on any atom is -0.369 e. The van der Waals surface area contributed by atoms with E-state index in [0.717, 1.165) is 31.9 Å². The van der Waals surface area contributed by atoms with Crippen LogP contribution in [0.3, 0.4) is 0 Å². The van der Waals surface area contributed by atoms with Crippen LogP contribution in [0.1, 0.15) is 5.56 Å². The fourth-order valence-electron chi connectivity index (χ4n) is 4.60. The number of hydrogen-bond acceptors (Lipinski definition) is 7. The molecule has 4 heterocycles. The van der Waals surface area contributed by atoms with Crippen LogP contribution in [0.4, 0.5) is 17.2 Å². The highest BCUT2D eigenvalue weighted by atomic mass is 35.5. The summed E-state index contributed by atoms with van der Waals surface area (Å²) in [4.78, 5) is 27.2. The summed E-state index contributed by atoms with van der Waals surface area (Å²) in [5, 5.41) is 7.35. The summed E-state index contributed by atoms with van der Waals surface area (Å²) >= 11 is 12.7. The first-order valence-corrected chi connectivity index (χ1v) is 12.4. The van der Waals surface area contributed by atoms with E-state index >= 15 is 0 Å². The molecule has 0 saturated carbocycles. The van der Waals surface area contributed by atoms with Gasteiger partial charge in [0, 0.05) is 56.2 Å². The van der Waals surface area contributed by atoms with Crippen molar-refractivity contribution in [3.8, 4) is 5.69 Å². The van der Waals surface area contributed by atoms with Gasteiger partial charge in [0.25, 0.3) is 5.56 Å². The van der Waals surface area contributed by atoms with Gasteiger partial charge in [0.2, 0.25) is 5.78 Å². The molecule has 0 amide bonds. The summed E-state index contributed by atoms with van der Waals surface area (Å²) in [6, 6.07) is 13.5. The van der Waals surface area contributed by atoms with Gasteiger partial charge in [-0.2, -0.15) is 0 Å². The molecule has 0 radical (unpaired) electrons. The van der Waals surface area contributed by atoms with Crippen molar-refractivity contribution in [2.45, 2.75) is 6.29 Å². The van der Waals surface area contributed by atoms with E-state index in [-0.39, 0.29) is 10.6 Å². The van der Waals surface area contributed by atoms with Crippen molar-refractivity contribution in [1.82, 2.24) is 18.9 Å². The van der Waals surface area contributed by atoms with Gasteiger partial charge in [0.15, 0.2) is 6.29 Å². The molecule has 1 unspecified atom stereocenters. The van der Waals surface area contributed by atoms with E-state index in [1.165, 1.54) is 10.3 Å². The molecular weight excluding hydrogens is 499 g/mol. The molecule has 9 nitrogen and oxygen atoms in total. The Hall–Kier alpha value is -3.53. The van der Waals surface area contributed by atoms with Crippen molar-refractivity contribution in [3.05, 3.63) is 80.8 Å². The smallest absolute Gasteiger partial charge is 0.270 e. The molecule has 2 aromatic heterocycles. The first-order chi connectivity index (χ1) is 17.5. The Kier molecular flexibility index (Phi) is 5.83. The molecule has 1 saturated heterocycles. The molecule has 184 valence electrons. The largest absolute Gasteiger partial charge is 0.369 e. The van der Waals surface area contributed by atoms with Gasteiger partial charge >= 0.3 is 0 Å². The van der Waals surface area contributed by atoms with Crippen LogP contribution >= 0.6 is 23.2 Å². The molecule has 2 N–H and O–H groups in total. The van der Waals surface area contributed by atoms with E-state index in [0.29, 0.717) is 27.9 Å². The molecule has 1 fully saturated rings. The predicted octanol–water partition coefficient (Wildman–Crippen LogP) is 3.78. The highest BCUT2D eigenvalue weighted by molar-refractivity contribution is 6.43. The van der Waals surface area contributed by atoms with E-state index in [2.05, 4.69) is 49.6 Å². The highest BCUT2D eigenvalue weighted by Crippen LogP contribution is 2.30. The number of piperazine rings is 1. The molecule has 0 bridgehead atoms. The molecule has 0 aliphatic carbocycles. The lowest BCUT2D eigenvalue weighted by atomic mass is 10.2. The Morgan fingerprint density at radius 1 is 1.06 bits per heavy atom. The number of aliphatic imine (C=N–C) groups is 1. The Balaban J connectivity index is 1.28. The fourth-order valence-corrected chi connectivity index (χ4v) is 4.98. The summed E-state index contributed by atoms with van der Waals surface area (Å²) in [5.41, 5.74) is 2.70. The quantitative estimate of drug-likeness (QED) is 0.424. The van der Waals surface area contributed by atoms with Gasteiger partial charge in [-0.25, -0.2) is 14.5 Å². The number of hydrogen-bond donors (Lipinski definition) is 2. The minimum atomic E-state index is -0.456. The zero-order valence-corrected chi connectivity index (χ0v) is 21.0. The second kappa shape index (κ2) is 9.16. The number of nitrogens with one attached hydrogen (secondary N) is 2. The fraction of sp³-hybridized carbons (Fsp3) is 0.240. The predicted molar refractivity (Wildman–Crippen MR) is 146 cm³/mol. The van der Waals surface area contributed by atoms with Crippen molar-refractivity contribution in [2.24, 2.45) is 4.99 Å². The average molecular weight is 523 g/mol. The lowest BCUT2D eigenvalue weighted by Gasteiger charge is -2.34. The second-order valence-electron chi connectivity index (χ2n) is 8.88. The number of nitrogens with zero attached hydrogens (tertiary/aromatic N) is 6. The Morgan fingerprint density at radius 2 is 1.83 bits per heavy atom. The maximum absolute atomic E-state index is 13.5. The van der Waals surface area contributed by atoms with Crippen molar-refractivity contribution >= 4 is 52.4 Å². The average Bonchev–Trinajstić information content (AvgIpc) is 3.37. The Morgan fingerprint density at radius 3 is 2.61 bits per heavy atom. The van der Waals surface area contributed by atoms with E-state index in [1.54, 1.807) is 36.8 Å². The number of benzene rings is 2. The van der Waals surface area contributed by atoms with Crippen LogP contribution in [-0.2, 0) is 0 Å². The number of halogens is 2. The Bertz CT molecular complexity index is 1520. The van der Waals surface area contributed by atoms with Crippen LogP contribution in [0.5, 0.6) is 0 Å². The molecule has 2 aromatic carbocycles. The first kappa shape index (κ1) is 22.9. The van der Waals surface area contributed by atoms with Gasteiger partial charge in [-0.3, -0.25) is 9.20 Å². The molecule has 2 aliphatic rings. The third-order valence-electron chi connectivity index (χ3n) is 6.59. The van der Waals surface area contributed by atoms with E-state index in [9.17, 15) is 4.79 Å². The summed E-state index contributed by atoms with van der Waals surface area (Å²) in [6.07, 6.45) is 4.55. The van der Waals surface area contributed by atoms with Crippen molar-refractivity contribution in [1.29, 1.82) is 0 Å². The zero-order chi connectivity index (χ0) is 24.8. The molecule has 1 atom stereocenters. The SMILES string of the molecule is CN1CCN(c2ccc(NC3N=Cc4c(n5ccnc5n(-c5cccc(Cl)c5Cl)c4=O)N3)cc2)CC1. The molecule has 11 heteroatoms. The zero-order valence-electron chi connectivity index (χ0n) is 19.5. The standard InChI is InChI=1S/C25H24Cl2N8O/c1-32-11-13-33(14-12-32)17-7-5-16(6-8-17)30-24-29-15-18-22(31-24)34-10-9-28-25(34)35(23(18)36)20-4-2-3-19(26)21(20)27/h2-10,15,24,30-31H,11-14H2,1H3. The van der Waals surface area contributed by atoms with Crippen LogP contribution < -0.4 is 21.1 Å². The van der Waals surface area contributed by atoms with Gasteiger partial charge in [0.1, 0.15) is 5.82 Å². The summed E-state index contributed by atoms with van der Waals surface area (Å²) < 4.78 is 3.26. The van der Waals surface area contributed by atoms with Gasteiger partial charge in [-0.15, -0.1) is 0 Å². The van der Waals surface area contributed by atoms with E-state index < -0.39 is 6.29 Å². The molecule has 6 rings (SSSR count). The lowest BCUT2D eigenvalue weighted by Crippen LogP contribution is -2.44. The number of aromatic nitrogens is 3. The molecule has 2 aliphatic heterocycles. The molecular formula is C25H24Cl2N8O. The summed E-state index contributed by atoms with van der Waals surface area (Å²) in [5.74, 6) is 1.02. The monoisotopic (exact) mass is 522 g/mol. The van der Waals surface area contributed by atoms with Crippen molar-refractivity contribution in [2.75, 3.05) is 48.8 Å². The molecule has 0 spiro atoms. The molecule has 36 heavy (non-hydrogen) atoms. The van der Waals surface area contributed by atoms with Crippen molar-refractivity contribution in [3.63, 3.8) is 0 Å². The van der Waals surface area contributed by atoms with Gasteiger partial charge in [-0.1, -0.05) is 29.3 Å². The number of rotatable bonds is 4. The maximum atomic E-state index is 13.5. The van der Waals surface area contributed by atoms with Crippen molar-refractivity contribution < 1.29 is 0 Å². The Labute approximate surface area is 217 Å².